The van der Waals surface area contributed by atoms with Crippen molar-refractivity contribution < 1.29 is 13.5 Å². The highest BCUT2D eigenvalue weighted by atomic mass is 32.2. The molecule has 0 spiro atoms. The van der Waals surface area contributed by atoms with Crippen molar-refractivity contribution in [3.8, 4) is 0 Å². The number of aliphatic hydroxyl groups excluding tert-OH is 1. The molecule has 5 heteroatoms. The molecule has 0 amide bonds. The van der Waals surface area contributed by atoms with Crippen LogP contribution in [0.15, 0.2) is 0 Å². The summed E-state index contributed by atoms with van der Waals surface area (Å²) in [5.74, 6) is 0. The Bertz CT molecular complexity index is 150. The van der Waals surface area contributed by atoms with Gasteiger partial charge in [-0.2, -0.15) is 0 Å². The molecule has 0 aliphatic carbocycles. The molecule has 0 aromatic heterocycles. The van der Waals surface area contributed by atoms with Crippen LogP contribution in [0.1, 0.15) is 13.3 Å². The fourth-order valence-electron chi connectivity index (χ4n) is 0.232. The SMILES string of the molecule is CCC(O)S(N)(=O)=O. The maximum atomic E-state index is 10.1. The van der Waals surface area contributed by atoms with Crippen LogP contribution in [-0.4, -0.2) is 19.0 Å². The van der Waals surface area contributed by atoms with Crippen LogP contribution in [-0.2, 0) is 10.0 Å². The van der Waals surface area contributed by atoms with Crippen LogP contribution in [0.2, 0.25) is 0 Å². The third-order valence-corrected chi connectivity index (χ3v) is 1.82. The molecule has 0 rings (SSSR count). The van der Waals surface area contributed by atoms with Crippen LogP contribution in [0.25, 0.3) is 0 Å². The Kier molecular flexibility index (Phi) is 2.39. The summed E-state index contributed by atoms with van der Waals surface area (Å²) in [6, 6.07) is 0. The van der Waals surface area contributed by atoms with Crippen molar-refractivity contribution in [2.24, 2.45) is 5.14 Å². The first-order valence-electron chi connectivity index (χ1n) is 2.18. The molecule has 0 radical (unpaired) electrons. The summed E-state index contributed by atoms with van der Waals surface area (Å²) in [7, 11) is -3.70. The van der Waals surface area contributed by atoms with Crippen molar-refractivity contribution in [1.82, 2.24) is 0 Å². The molecule has 1 atom stereocenters. The zero-order valence-corrected chi connectivity index (χ0v) is 5.35. The van der Waals surface area contributed by atoms with Crippen molar-refractivity contribution in [3.05, 3.63) is 0 Å². The Hall–Kier alpha value is -0.130. The van der Waals surface area contributed by atoms with Gasteiger partial charge in [0.1, 0.15) is 0 Å². The summed E-state index contributed by atoms with van der Waals surface area (Å²) in [4.78, 5) is 0. The molecule has 50 valence electrons. The predicted molar refractivity (Wildman–Crippen MR) is 29.4 cm³/mol. The molecule has 0 aliphatic rings. The van der Waals surface area contributed by atoms with E-state index in [-0.39, 0.29) is 6.42 Å². The average Bonchev–Trinajstić information content (AvgIpc) is 1.62. The highest BCUT2D eigenvalue weighted by Gasteiger charge is 2.13. The number of hydrogen-bond acceptors (Lipinski definition) is 3. The van der Waals surface area contributed by atoms with Crippen molar-refractivity contribution in [1.29, 1.82) is 0 Å². The molecule has 0 saturated carbocycles. The molecule has 0 heterocycles. The van der Waals surface area contributed by atoms with E-state index < -0.39 is 15.5 Å². The van der Waals surface area contributed by atoms with Gasteiger partial charge in [0, 0.05) is 0 Å². The third-order valence-electron chi connectivity index (χ3n) is 0.728. The molecule has 0 aliphatic heterocycles. The Morgan fingerprint density at radius 3 is 2.12 bits per heavy atom. The summed E-state index contributed by atoms with van der Waals surface area (Å²) in [6.07, 6.45) is 0.138. The van der Waals surface area contributed by atoms with Gasteiger partial charge in [0.25, 0.3) is 0 Å². The van der Waals surface area contributed by atoms with Gasteiger partial charge in [0.2, 0.25) is 10.0 Å². The molecule has 1 unspecified atom stereocenters. The monoisotopic (exact) mass is 139 g/mol. The molecule has 8 heavy (non-hydrogen) atoms. The normalized spacial score (nSPS) is 15.9. The lowest BCUT2D eigenvalue weighted by molar-refractivity contribution is 0.245. The van der Waals surface area contributed by atoms with Gasteiger partial charge in [-0.25, -0.2) is 13.6 Å². The highest BCUT2D eigenvalue weighted by Crippen LogP contribution is 1.93. The first-order valence-corrected chi connectivity index (χ1v) is 3.79. The van der Waals surface area contributed by atoms with E-state index in [2.05, 4.69) is 5.14 Å². The van der Waals surface area contributed by atoms with E-state index in [0.29, 0.717) is 0 Å². The second-order valence-corrected chi connectivity index (χ2v) is 3.17. The average molecular weight is 139 g/mol. The molecule has 0 saturated heterocycles. The maximum Gasteiger partial charge on any atom is 0.235 e. The van der Waals surface area contributed by atoms with Gasteiger partial charge in [-0.3, -0.25) is 0 Å². The summed E-state index contributed by atoms with van der Waals surface area (Å²) in [5, 5.41) is 13.0. The zero-order valence-electron chi connectivity index (χ0n) is 4.53. The minimum absolute atomic E-state index is 0.138. The van der Waals surface area contributed by atoms with E-state index in [1.165, 1.54) is 6.92 Å². The Labute approximate surface area is 48.4 Å². The third kappa shape index (κ3) is 2.25. The highest BCUT2D eigenvalue weighted by molar-refractivity contribution is 7.89. The number of hydrogen-bond donors (Lipinski definition) is 2. The van der Waals surface area contributed by atoms with E-state index in [9.17, 15) is 8.42 Å². The van der Waals surface area contributed by atoms with Crippen molar-refractivity contribution in [2.45, 2.75) is 18.8 Å². The van der Waals surface area contributed by atoms with E-state index >= 15 is 0 Å². The van der Waals surface area contributed by atoms with Gasteiger partial charge < -0.3 is 5.11 Å². The van der Waals surface area contributed by atoms with Crippen molar-refractivity contribution >= 4 is 10.0 Å². The molecule has 0 fully saturated rings. The molecular formula is C3H9NO3S. The second kappa shape index (κ2) is 2.43. The number of aliphatic hydroxyl groups is 1. The van der Waals surface area contributed by atoms with Gasteiger partial charge in [-0.15, -0.1) is 0 Å². The first kappa shape index (κ1) is 7.87. The van der Waals surface area contributed by atoms with Gasteiger partial charge in [-0.05, 0) is 6.42 Å². The van der Waals surface area contributed by atoms with Gasteiger partial charge in [0.15, 0.2) is 5.44 Å². The standard InChI is InChI=1S/C3H9NO3S/c1-2-3(5)8(4,6)7/h3,5H,2H2,1H3,(H2,4,6,7). The van der Waals surface area contributed by atoms with E-state index in [1.54, 1.807) is 0 Å². The molecule has 0 aromatic carbocycles. The summed E-state index contributed by atoms with van der Waals surface area (Å²) >= 11 is 0. The molecule has 0 aromatic rings. The zero-order chi connectivity index (χ0) is 6.78. The lowest BCUT2D eigenvalue weighted by atomic mass is 10.5. The lowest BCUT2D eigenvalue weighted by Crippen LogP contribution is -2.27. The van der Waals surface area contributed by atoms with Gasteiger partial charge in [-0.1, -0.05) is 6.92 Å². The number of primary sulfonamides is 1. The summed E-state index contributed by atoms with van der Waals surface area (Å²) < 4.78 is 20.2. The van der Waals surface area contributed by atoms with Crippen LogP contribution in [0.4, 0.5) is 0 Å². The Morgan fingerprint density at radius 2 is 2.12 bits per heavy atom. The van der Waals surface area contributed by atoms with Crippen LogP contribution in [0.3, 0.4) is 0 Å². The fraction of sp³-hybridized carbons (Fsp3) is 1.00. The Morgan fingerprint density at radius 1 is 1.75 bits per heavy atom. The maximum absolute atomic E-state index is 10.1. The van der Waals surface area contributed by atoms with E-state index in [1.807, 2.05) is 0 Å². The van der Waals surface area contributed by atoms with Crippen LogP contribution >= 0.6 is 0 Å². The number of rotatable bonds is 2. The Balaban J connectivity index is 4.04. The summed E-state index contributed by atoms with van der Waals surface area (Å²) in [5.41, 5.74) is -1.40. The summed E-state index contributed by atoms with van der Waals surface area (Å²) in [6.45, 7) is 1.54. The quantitative estimate of drug-likeness (QED) is 0.515. The molecular weight excluding hydrogens is 130 g/mol. The molecule has 3 N–H and O–H groups in total. The van der Waals surface area contributed by atoms with Crippen LogP contribution < -0.4 is 5.14 Å². The van der Waals surface area contributed by atoms with Crippen LogP contribution in [0, 0.1) is 0 Å². The molecule has 4 nitrogen and oxygen atoms in total. The number of nitrogens with two attached hydrogens (primary N) is 1. The van der Waals surface area contributed by atoms with Gasteiger partial charge >= 0.3 is 0 Å². The van der Waals surface area contributed by atoms with Crippen molar-refractivity contribution in [2.75, 3.05) is 0 Å². The van der Waals surface area contributed by atoms with E-state index in [0.717, 1.165) is 0 Å². The molecule has 0 bridgehead atoms. The first-order chi connectivity index (χ1) is 3.48. The smallest absolute Gasteiger partial charge is 0.235 e. The van der Waals surface area contributed by atoms with Crippen molar-refractivity contribution in [3.63, 3.8) is 0 Å². The second-order valence-electron chi connectivity index (χ2n) is 1.45. The largest absolute Gasteiger partial charge is 0.376 e. The predicted octanol–water partition coefficient (Wildman–Crippen LogP) is -0.997. The number of sulfonamides is 1. The topological polar surface area (TPSA) is 80.4 Å². The van der Waals surface area contributed by atoms with Crippen LogP contribution in [0.5, 0.6) is 0 Å². The minimum Gasteiger partial charge on any atom is -0.376 e. The fourth-order valence-corrected chi connectivity index (χ4v) is 0.697. The lowest BCUT2D eigenvalue weighted by Gasteiger charge is -2.01. The minimum atomic E-state index is -3.70. The van der Waals surface area contributed by atoms with Gasteiger partial charge in [0.05, 0.1) is 0 Å². The van der Waals surface area contributed by atoms with E-state index in [4.69, 9.17) is 5.11 Å².